The summed E-state index contributed by atoms with van der Waals surface area (Å²) in [6.45, 7) is 0.460. The third-order valence-corrected chi connectivity index (χ3v) is 2.58. The van der Waals surface area contributed by atoms with Gasteiger partial charge >= 0.3 is 12.3 Å². The van der Waals surface area contributed by atoms with Gasteiger partial charge in [0.1, 0.15) is 5.75 Å². The molecule has 0 aliphatic carbocycles. The molecule has 0 aromatic heterocycles. The number of ether oxygens (including phenoxy) is 1. The van der Waals surface area contributed by atoms with Gasteiger partial charge in [-0.05, 0) is 30.2 Å². The second-order valence-corrected chi connectivity index (χ2v) is 3.94. The van der Waals surface area contributed by atoms with Crippen LogP contribution < -0.4 is 10.1 Å². The van der Waals surface area contributed by atoms with Gasteiger partial charge in [0.2, 0.25) is 0 Å². The average Bonchev–Trinajstić information content (AvgIpc) is 2.26. The lowest BCUT2D eigenvalue weighted by atomic mass is 9.97. The summed E-state index contributed by atoms with van der Waals surface area (Å²) in [5.74, 6) is -1.42. The zero-order valence-corrected chi connectivity index (χ0v) is 9.62. The largest absolute Gasteiger partial charge is 0.573 e. The number of hydrogen-bond donors (Lipinski definition) is 2. The molecule has 1 aromatic carbocycles. The topological polar surface area (TPSA) is 58.6 Å². The lowest BCUT2D eigenvalue weighted by molar-refractivity contribution is -0.274. The molecule has 19 heavy (non-hydrogen) atoms. The van der Waals surface area contributed by atoms with Crippen molar-refractivity contribution in [3.05, 3.63) is 35.4 Å². The number of nitrogens with one attached hydrogen (secondary N) is 1. The third kappa shape index (κ3) is 3.40. The van der Waals surface area contributed by atoms with Crippen molar-refractivity contribution in [3.8, 4) is 5.75 Å². The molecule has 2 rings (SSSR count). The first-order valence-corrected chi connectivity index (χ1v) is 5.43. The average molecular weight is 273 g/mol. The molecule has 1 aliphatic heterocycles. The molecule has 1 aromatic rings. The molecule has 0 amide bonds. The Hall–Kier alpha value is -2.18. The summed E-state index contributed by atoms with van der Waals surface area (Å²) in [7, 11) is 0. The van der Waals surface area contributed by atoms with Gasteiger partial charge in [0.15, 0.2) is 0 Å². The predicted octanol–water partition coefficient (Wildman–Crippen LogP) is 2.16. The van der Waals surface area contributed by atoms with Crippen molar-refractivity contribution >= 4 is 11.7 Å². The van der Waals surface area contributed by atoms with E-state index in [-0.39, 0.29) is 5.75 Å². The second kappa shape index (κ2) is 4.83. The summed E-state index contributed by atoms with van der Waals surface area (Å²) in [4.78, 5) is 10.6. The van der Waals surface area contributed by atoms with Crippen molar-refractivity contribution in [2.45, 2.75) is 12.8 Å². The Labute approximate surface area is 106 Å². The van der Waals surface area contributed by atoms with Gasteiger partial charge in [-0.15, -0.1) is 13.2 Å². The van der Waals surface area contributed by atoms with Gasteiger partial charge in [-0.1, -0.05) is 0 Å². The number of alkyl halides is 3. The van der Waals surface area contributed by atoms with Crippen LogP contribution in [0, 0.1) is 0 Å². The normalized spacial score (nSPS) is 16.7. The van der Waals surface area contributed by atoms with E-state index in [0.29, 0.717) is 29.8 Å². The molecule has 7 heteroatoms. The van der Waals surface area contributed by atoms with Crippen molar-refractivity contribution in [2.75, 3.05) is 6.54 Å². The Bertz CT molecular complexity index is 538. The highest BCUT2D eigenvalue weighted by molar-refractivity contribution is 5.90. The highest BCUT2D eigenvalue weighted by atomic mass is 19.4. The van der Waals surface area contributed by atoms with Crippen molar-refractivity contribution < 1.29 is 27.8 Å². The molecule has 0 radical (unpaired) electrons. The summed E-state index contributed by atoms with van der Waals surface area (Å²) in [5, 5.41) is 11.6. The Balaban J connectivity index is 2.33. The molecular formula is C12H10F3NO3. The van der Waals surface area contributed by atoms with E-state index in [0.717, 1.165) is 12.1 Å². The Morgan fingerprint density at radius 2 is 2.16 bits per heavy atom. The summed E-state index contributed by atoms with van der Waals surface area (Å²) in [5.41, 5.74) is 1.57. The molecule has 2 N–H and O–H groups in total. The Morgan fingerprint density at radius 1 is 1.42 bits per heavy atom. The number of rotatable bonds is 2. The van der Waals surface area contributed by atoms with E-state index in [4.69, 9.17) is 5.11 Å². The van der Waals surface area contributed by atoms with Gasteiger partial charge in [0.25, 0.3) is 0 Å². The number of halogens is 3. The van der Waals surface area contributed by atoms with Crippen molar-refractivity contribution in [1.29, 1.82) is 0 Å². The standard InChI is InChI=1S/C12H10F3NO3/c13-12(14,15)19-8-1-2-9-7(5-8)3-4-16-10(9)6-11(17)18/h1-2,5-6,16H,3-4H2,(H,17,18). The minimum Gasteiger partial charge on any atom is -0.478 e. The van der Waals surface area contributed by atoms with E-state index in [1.54, 1.807) is 0 Å². The highest BCUT2D eigenvalue weighted by Crippen LogP contribution is 2.29. The van der Waals surface area contributed by atoms with Crippen LogP contribution in [0.1, 0.15) is 11.1 Å². The smallest absolute Gasteiger partial charge is 0.478 e. The second-order valence-electron chi connectivity index (χ2n) is 3.94. The molecule has 0 bridgehead atoms. The number of aliphatic carboxylic acids is 1. The maximum absolute atomic E-state index is 12.1. The maximum atomic E-state index is 12.1. The Kier molecular flexibility index (Phi) is 3.37. The first-order chi connectivity index (χ1) is 8.85. The predicted molar refractivity (Wildman–Crippen MR) is 60.4 cm³/mol. The van der Waals surface area contributed by atoms with Gasteiger partial charge in [-0.25, -0.2) is 4.79 Å². The summed E-state index contributed by atoms with van der Waals surface area (Å²) in [6.07, 6.45) is -3.25. The first kappa shape index (κ1) is 13.3. The lowest BCUT2D eigenvalue weighted by Gasteiger charge is -2.21. The highest BCUT2D eigenvalue weighted by Gasteiger charge is 2.31. The number of fused-ring (bicyclic) bond motifs is 1. The molecule has 4 nitrogen and oxygen atoms in total. The molecule has 0 unspecified atom stereocenters. The van der Waals surface area contributed by atoms with E-state index < -0.39 is 12.3 Å². The number of carboxylic acid groups (broad SMARTS) is 1. The van der Waals surface area contributed by atoms with Gasteiger partial charge in [0, 0.05) is 23.9 Å². The van der Waals surface area contributed by atoms with E-state index in [9.17, 15) is 18.0 Å². The lowest BCUT2D eigenvalue weighted by Crippen LogP contribution is -2.24. The van der Waals surface area contributed by atoms with Crippen LogP contribution in [-0.2, 0) is 11.2 Å². The van der Waals surface area contributed by atoms with Crippen molar-refractivity contribution in [1.82, 2.24) is 5.32 Å². The van der Waals surface area contributed by atoms with Gasteiger partial charge in [-0.3, -0.25) is 0 Å². The van der Waals surface area contributed by atoms with Crippen LogP contribution in [0.4, 0.5) is 13.2 Å². The van der Waals surface area contributed by atoms with Crippen LogP contribution in [0.25, 0.3) is 5.70 Å². The van der Waals surface area contributed by atoms with Gasteiger partial charge in [0.05, 0.1) is 0 Å². The fourth-order valence-electron chi connectivity index (χ4n) is 1.92. The van der Waals surface area contributed by atoms with Crippen LogP contribution in [0.5, 0.6) is 5.75 Å². The van der Waals surface area contributed by atoms with E-state index in [2.05, 4.69) is 10.1 Å². The quantitative estimate of drug-likeness (QED) is 0.811. The number of benzene rings is 1. The van der Waals surface area contributed by atoms with Crippen molar-refractivity contribution in [2.24, 2.45) is 0 Å². The summed E-state index contributed by atoms with van der Waals surface area (Å²) in [6, 6.07) is 3.85. The van der Waals surface area contributed by atoms with Gasteiger partial charge < -0.3 is 15.2 Å². The number of hydrogen-bond acceptors (Lipinski definition) is 3. The molecule has 1 aliphatic rings. The maximum Gasteiger partial charge on any atom is 0.573 e. The minimum atomic E-state index is -4.74. The molecule has 0 atom stereocenters. The van der Waals surface area contributed by atoms with Crippen LogP contribution in [-0.4, -0.2) is 24.0 Å². The van der Waals surface area contributed by atoms with E-state index in [1.165, 1.54) is 12.1 Å². The Morgan fingerprint density at radius 3 is 2.79 bits per heavy atom. The molecule has 102 valence electrons. The van der Waals surface area contributed by atoms with Crippen LogP contribution in [0.15, 0.2) is 24.3 Å². The fraction of sp³-hybridized carbons (Fsp3) is 0.250. The van der Waals surface area contributed by atoms with Crippen LogP contribution >= 0.6 is 0 Å². The van der Waals surface area contributed by atoms with Gasteiger partial charge in [-0.2, -0.15) is 0 Å². The van der Waals surface area contributed by atoms with Crippen molar-refractivity contribution in [3.63, 3.8) is 0 Å². The molecule has 0 saturated heterocycles. The first-order valence-electron chi connectivity index (χ1n) is 5.43. The summed E-state index contributed by atoms with van der Waals surface area (Å²) >= 11 is 0. The third-order valence-electron chi connectivity index (χ3n) is 2.58. The minimum absolute atomic E-state index is 0.303. The number of carboxylic acids is 1. The molecular weight excluding hydrogens is 263 g/mol. The molecule has 0 fully saturated rings. The van der Waals surface area contributed by atoms with E-state index in [1.807, 2.05) is 0 Å². The molecule has 1 heterocycles. The van der Waals surface area contributed by atoms with E-state index >= 15 is 0 Å². The SMILES string of the molecule is O=C(O)C=C1NCCc2cc(OC(F)(F)F)ccc21. The zero-order chi connectivity index (χ0) is 14.0. The summed E-state index contributed by atoms with van der Waals surface area (Å²) < 4.78 is 40.1. The monoisotopic (exact) mass is 273 g/mol. The zero-order valence-electron chi connectivity index (χ0n) is 9.62. The molecule has 0 saturated carbocycles. The molecule has 0 spiro atoms. The van der Waals surface area contributed by atoms with Crippen LogP contribution in [0.2, 0.25) is 0 Å². The fourth-order valence-corrected chi connectivity index (χ4v) is 1.92. The number of carbonyl (C=O) groups is 1. The van der Waals surface area contributed by atoms with Crippen LogP contribution in [0.3, 0.4) is 0 Å².